The normalized spacial score (nSPS) is 14.7. The molecular formula is C24H41FN2O4. The van der Waals surface area contributed by atoms with Crippen LogP contribution in [-0.2, 0) is 4.74 Å². The maximum Gasteiger partial charge on any atom is 0.410 e. The van der Waals surface area contributed by atoms with Gasteiger partial charge in [0.15, 0.2) is 0 Å². The number of likely N-dealkylation sites (tertiary alicyclic amines) is 1. The van der Waals surface area contributed by atoms with Gasteiger partial charge in [-0.3, -0.25) is 4.79 Å². The summed E-state index contributed by atoms with van der Waals surface area (Å²) in [5.41, 5.74) is -0.450. The van der Waals surface area contributed by atoms with Gasteiger partial charge in [0.05, 0.1) is 12.2 Å². The molecule has 0 aromatic heterocycles. The molecule has 1 fully saturated rings. The van der Waals surface area contributed by atoms with Crippen LogP contribution in [0.4, 0.5) is 9.18 Å². The van der Waals surface area contributed by atoms with Crippen molar-refractivity contribution in [3.8, 4) is 5.75 Å². The number of halogens is 1. The summed E-state index contributed by atoms with van der Waals surface area (Å²) in [7, 11) is 0. The SMILES string of the molecule is C.CC(C)NC(=O)c1ccc(OCCCC2CCN(C(=O)OC(C)(C)C)CC2)cc1F.[HH]. The van der Waals surface area contributed by atoms with Crippen LogP contribution in [0.15, 0.2) is 18.2 Å². The number of ether oxygens (including phenoxy) is 2. The lowest BCUT2D eigenvalue weighted by atomic mass is 9.92. The maximum absolute atomic E-state index is 14.2. The van der Waals surface area contributed by atoms with Crippen LogP contribution in [0, 0.1) is 11.7 Å². The molecule has 0 unspecified atom stereocenters. The summed E-state index contributed by atoms with van der Waals surface area (Å²) >= 11 is 0. The molecule has 0 radical (unpaired) electrons. The van der Waals surface area contributed by atoms with E-state index >= 15 is 0 Å². The predicted octanol–water partition coefficient (Wildman–Crippen LogP) is 5.65. The number of nitrogens with one attached hydrogen (secondary N) is 1. The fraction of sp³-hybridized carbons (Fsp3) is 0.667. The Balaban J connectivity index is 0.00000480. The molecule has 6 nitrogen and oxygen atoms in total. The van der Waals surface area contributed by atoms with E-state index in [1.54, 1.807) is 11.0 Å². The summed E-state index contributed by atoms with van der Waals surface area (Å²) in [6.45, 7) is 11.2. The molecule has 1 N–H and O–H groups in total. The van der Waals surface area contributed by atoms with Gasteiger partial charge < -0.3 is 19.7 Å². The summed E-state index contributed by atoms with van der Waals surface area (Å²) in [4.78, 5) is 25.8. The highest BCUT2D eigenvalue weighted by molar-refractivity contribution is 5.94. The van der Waals surface area contributed by atoms with E-state index in [0.29, 0.717) is 31.4 Å². The van der Waals surface area contributed by atoms with Gasteiger partial charge in [-0.2, -0.15) is 0 Å². The van der Waals surface area contributed by atoms with Gasteiger partial charge in [0.2, 0.25) is 0 Å². The largest absolute Gasteiger partial charge is 0.493 e. The summed E-state index contributed by atoms with van der Waals surface area (Å²) in [6.07, 6.45) is 3.52. The van der Waals surface area contributed by atoms with Crippen molar-refractivity contribution in [1.82, 2.24) is 10.2 Å². The summed E-state index contributed by atoms with van der Waals surface area (Å²) in [5.74, 6) is -0.0357. The van der Waals surface area contributed by atoms with Crippen molar-refractivity contribution in [2.24, 2.45) is 5.92 Å². The van der Waals surface area contributed by atoms with Crippen molar-refractivity contribution in [3.05, 3.63) is 29.6 Å². The molecule has 0 aliphatic carbocycles. The minimum atomic E-state index is -0.583. The molecule has 31 heavy (non-hydrogen) atoms. The molecule has 1 aromatic carbocycles. The molecule has 0 spiro atoms. The average molecular weight is 441 g/mol. The smallest absolute Gasteiger partial charge is 0.410 e. The standard InChI is InChI=1S/C23H35FN2O4.CH4.H2/c1-16(2)25-21(27)19-9-8-18(15-20(19)24)29-14-6-7-17-10-12-26(13-11-17)22(28)30-23(3,4)5;;/h8-9,15-17H,6-7,10-14H2,1-5H3,(H,25,27);1H4;1H. The molecule has 1 heterocycles. The summed E-state index contributed by atoms with van der Waals surface area (Å²) in [6, 6.07) is 4.28. The highest BCUT2D eigenvalue weighted by atomic mass is 19.1. The second-order valence-electron chi connectivity index (χ2n) is 9.17. The second-order valence-corrected chi connectivity index (χ2v) is 9.17. The lowest BCUT2D eigenvalue weighted by Gasteiger charge is -2.33. The molecule has 1 aliphatic heterocycles. The fourth-order valence-electron chi connectivity index (χ4n) is 3.40. The first-order valence-electron chi connectivity index (χ1n) is 10.8. The van der Waals surface area contributed by atoms with Gasteiger partial charge in [-0.15, -0.1) is 0 Å². The van der Waals surface area contributed by atoms with Crippen LogP contribution < -0.4 is 10.1 Å². The topological polar surface area (TPSA) is 67.9 Å². The van der Waals surface area contributed by atoms with Crippen LogP contribution in [0.3, 0.4) is 0 Å². The van der Waals surface area contributed by atoms with E-state index in [-0.39, 0.29) is 26.6 Å². The minimum absolute atomic E-state index is 0. The first-order valence-corrected chi connectivity index (χ1v) is 10.8. The molecule has 178 valence electrons. The molecular weight excluding hydrogens is 399 g/mol. The predicted molar refractivity (Wildman–Crippen MR) is 123 cm³/mol. The highest BCUT2D eigenvalue weighted by Gasteiger charge is 2.26. The first-order chi connectivity index (χ1) is 14.0. The van der Waals surface area contributed by atoms with Crippen molar-refractivity contribution in [1.29, 1.82) is 0 Å². The van der Waals surface area contributed by atoms with E-state index in [9.17, 15) is 14.0 Å². The highest BCUT2D eigenvalue weighted by Crippen LogP contribution is 2.24. The Hall–Kier alpha value is -2.31. The number of carbonyl (C=O) groups is 2. The Bertz CT molecular complexity index is 729. The van der Waals surface area contributed by atoms with Crippen molar-refractivity contribution in [2.75, 3.05) is 19.7 Å². The van der Waals surface area contributed by atoms with Crippen LogP contribution >= 0.6 is 0 Å². The third kappa shape index (κ3) is 9.15. The molecule has 1 saturated heterocycles. The van der Waals surface area contributed by atoms with Gasteiger partial charge in [-0.1, -0.05) is 7.43 Å². The van der Waals surface area contributed by atoms with E-state index in [0.717, 1.165) is 25.7 Å². The monoisotopic (exact) mass is 440 g/mol. The lowest BCUT2D eigenvalue weighted by Crippen LogP contribution is -2.41. The molecule has 0 bridgehead atoms. The van der Waals surface area contributed by atoms with Gasteiger partial charge in [-0.05, 0) is 78.4 Å². The molecule has 2 amide bonds. The zero-order chi connectivity index (χ0) is 22.3. The summed E-state index contributed by atoms with van der Waals surface area (Å²) in [5, 5.41) is 2.68. The molecule has 7 heteroatoms. The Morgan fingerprint density at radius 3 is 2.45 bits per heavy atom. The maximum atomic E-state index is 14.2. The molecule has 1 aromatic rings. The van der Waals surface area contributed by atoms with Crippen LogP contribution in [0.2, 0.25) is 0 Å². The first kappa shape index (κ1) is 26.7. The van der Waals surface area contributed by atoms with Crippen LogP contribution in [0.1, 0.15) is 79.5 Å². The van der Waals surface area contributed by atoms with E-state index in [1.165, 1.54) is 12.1 Å². The van der Waals surface area contributed by atoms with Crippen LogP contribution in [0.25, 0.3) is 0 Å². The second kappa shape index (κ2) is 11.9. The Labute approximate surface area is 188 Å². The lowest BCUT2D eigenvalue weighted by molar-refractivity contribution is 0.0179. The van der Waals surface area contributed by atoms with Gasteiger partial charge in [-0.25, -0.2) is 9.18 Å². The fourth-order valence-corrected chi connectivity index (χ4v) is 3.40. The number of benzene rings is 1. The Kier molecular flexibility index (Phi) is 10.3. The average Bonchev–Trinajstić information content (AvgIpc) is 2.63. The number of hydrogen-bond acceptors (Lipinski definition) is 4. The number of rotatable bonds is 7. The van der Waals surface area contributed by atoms with E-state index < -0.39 is 17.3 Å². The zero-order valence-corrected chi connectivity index (χ0v) is 18.8. The van der Waals surface area contributed by atoms with Gasteiger partial charge in [0, 0.05) is 26.6 Å². The number of hydrogen-bond donors (Lipinski definition) is 1. The zero-order valence-electron chi connectivity index (χ0n) is 18.8. The number of nitrogens with zero attached hydrogens (tertiary/aromatic N) is 1. The number of amides is 2. The summed E-state index contributed by atoms with van der Waals surface area (Å²) < 4.78 is 25.2. The Morgan fingerprint density at radius 1 is 1.26 bits per heavy atom. The van der Waals surface area contributed by atoms with E-state index in [4.69, 9.17) is 9.47 Å². The van der Waals surface area contributed by atoms with Crippen molar-refractivity contribution < 1.29 is 24.9 Å². The molecule has 0 saturated carbocycles. The van der Waals surface area contributed by atoms with Gasteiger partial charge >= 0.3 is 6.09 Å². The number of piperidine rings is 1. The quantitative estimate of drug-likeness (QED) is 0.556. The van der Waals surface area contributed by atoms with Gasteiger partial charge in [0.25, 0.3) is 5.91 Å². The van der Waals surface area contributed by atoms with Crippen molar-refractivity contribution in [3.63, 3.8) is 0 Å². The molecule has 0 atom stereocenters. The van der Waals surface area contributed by atoms with Crippen LogP contribution in [0.5, 0.6) is 5.75 Å². The third-order valence-electron chi connectivity index (χ3n) is 4.90. The number of carbonyl (C=O) groups excluding carboxylic acids is 2. The van der Waals surface area contributed by atoms with Gasteiger partial charge in [0.1, 0.15) is 17.2 Å². The molecule has 1 aliphatic rings. The third-order valence-corrected chi connectivity index (χ3v) is 4.90. The Morgan fingerprint density at radius 2 is 1.90 bits per heavy atom. The van der Waals surface area contributed by atoms with E-state index in [1.807, 2.05) is 34.6 Å². The molecule has 2 rings (SSSR count). The van der Waals surface area contributed by atoms with Crippen molar-refractivity contribution >= 4 is 12.0 Å². The van der Waals surface area contributed by atoms with E-state index in [2.05, 4.69) is 5.32 Å². The van der Waals surface area contributed by atoms with Crippen LogP contribution in [-0.4, -0.2) is 48.2 Å². The minimum Gasteiger partial charge on any atom is -0.493 e. The van der Waals surface area contributed by atoms with Crippen molar-refractivity contribution in [2.45, 2.75) is 79.4 Å².